The third kappa shape index (κ3) is 2.79. The fraction of sp³-hybridized carbons (Fsp3) is 0.357. The van der Waals surface area contributed by atoms with Crippen LogP contribution in [0.25, 0.3) is 0 Å². The van der Waals surface area contributed by atoms with E-state index in [0.717, 1.165) is 4.90 Å². The van der Waals surface area contributed by atoms with Crippen molar-refractivity contribution < 1.29 is 24.2 Å². The van der Waals surface area contributed by atoms with Crippen LogP contribution in [0.1, 0.15) is 28.8 Å². The van der Waals surface area contributed by atoms with Crippen LogP contribution in [-0.4, -0.2) is 40.9 Å². The highest BCUT2D eigenvalue weighted by Crippen LogP contribution is 2.23. The summed E-state index contributed by atoms with van der Waals surface area (Å²) in [4.78, 5) is 35.1. The first-order chi connectivity index (χ1) is 9.50. The molecule has 1 heterocycles. The lowest BCUT2D eigenvalue weighted by Gasteiger charge is -2.16. The summed E-state index contributed by atoms with van der Waals surface area (Å²) in [5, 5.41) is 9.09. The molecule has 1 fully saturated rings. The van der Waals surface area contributed by atoms with Crippen molar-refractivity contribution >= 4 is 17.8 Å². The second kappa shape index (κ2) is 5.73. The van der Waals surface area contributed by atoms with Crippen molar-refractivity contribution in [3.63, 3.8) is 0 Å². The molecule has 0 saturated carbocycles. The summed E-state index contributed by atoms with van der Waals surface area (Å²) in [5.74, 6) is -1.21. The fourth-order valence-corrected chi connectivity index (χ4v) is 2.12. The molecule has 0 radical (unpaired) electrons. The van der Waals surface area contributed by atoms with Crippen molar-refractivity contribution in [3.05, 3.63) is 29.3 Å². The molecule has 0 unspecified atom stereocenters. The quantitative estimate of drug-likeness (QED) is 0.818. The van der Waals surface area contributed by atoms with E-state index in [1.165, 1.54) is 6.07 Å². The number of hydrogen-bond donors (Lipinski definition) is 1. The first-order valence-corrected chi connectivity index (χ1v) is 6.29. The first-order valence-electron chi connectivity index (χ1n) is 6.29. The smallest absolute Gasteiger partial charge is 0.339 e. The Balaban J connectivity index is 2.03. The molecule has 6 nitrogen and oxygen atoms in total. The Hall–Kier alpha value is -2.37. The second-order valence-corrected chi connectivity index (χ2v) is 4.54. The molecule has 0 bridgehead atoms. The van der Waals surface area contributed by atoms with Crippen LogP contribution in [0.2, 0.25) is 0 Å². The van der Waals surface area contributed by atoms with Gasteiger partial charge in [0, 0.05) is 12.8 Å². The van der Waals surface area contributed by atoms with Gasteiger partial charge in [-0.3, -0.25) is 14.5 Å². The van der Waals surface area contributed by atoms with Crippen LogP contribution < -0.4 is 4.74 Å². The Morgan fingerprint density at radius 3 is 2.55 bits per heavy atom. The molecule has 1 saturated heterocycles. The first kappa shape index (κ1) is 14.0. The number of rotatable bonds is 5. The highest BCUT2D eigenvalue weighted by atomic mass is 16.5. The van der Waals surface area contributed by atoms with Gasteiger partial charge >= 0.3 is 5.97 Å². The number of ether oxygens (including phenoxy) is 1. The molecule has 1 aromatic rings. The van der Waals surface area contributed by atoms with Gasteiger partial charge in [-0.1, -0.05) is 12.1 Å². The maximum Gasteiger partial charge on any atom is 0.339 e. The molecule has 1 N–H and O–H groups in total. The topological polar surface area (TPSA) is 83.9 Å². The molecule has 2 rings (SSSR count). The van der Waals surface area contributed by atoms with Gasteiger partial charge in [0.15, 0.2) is 0 Å². The predicted octanol–water partition coefficient (Wildman–Crippen LogP) is 1.22. The number of hydrogen-bond acceptors (Lipinski definition) is 4. The van der Waals surface area contributed by atoms with E-state index in [-0.39, 0.29) is 49.1 Å². The van der Waals surface area contributed by atoms with Crippen LogP contribution in [0.3, 0.4) is 0 Å². The highest BCUT2D eigenvalue weighted by molar-refractivity contribution is 6.01. The van der Waals surface area contributed by atoms with E-state index in [1.807, 2.05) is 0 Å². The van der Waals surface area contributed by atoms with Gasteiger partial charge < -0.3 is 9.84 Å². The largest absolute Gasteiger partial charge is 0.491 e. The number of carboxylic acids is 1. The lowest BCUT2D eigenvalue weighted by atomic mass is 10.1. The fourth-order valence-electron chi connectivity index (χ4n) is 2.12. The SMILES string of the molecule is Cc1cccc(C(=O)O)c1OCCN1C(=O)CCC1=O. The summed E-state index contributed by atoms with van der Waals surface area (Å²) in [6, 6.07) is 4.84. The van der Waals surface area contributed by atoms with Crippen LogP contribution in [0.4, 0.5) is 0 Å². The van der Waals surface area contributed by atoms with Gasteiger partial charge in [0.2, 0.25) is 11.8 Å². The molecule has 0 spiro atoms. The van der Waals surface area contributed by atoms with E-state index in [1.54, 1.807) is 19.1 Å². The third-order valence-electron chi connectivity index (χ3n) is 3.16. The summed E-state index contributed by atoms with van der Waals surface area (Å²) in [5.41, 5.74) is 0.771. The minimum Gasteiger partial charge on any atom is -0.491 e. The number of nitrogens with zero attached hydrogens (tertiary/aromatic N) is 1. The average Bonchev–Trinajstić information content (AvgIpc) is 2.71. The average molecular weight is 277 g/mol. The summed E-state index contributed by atoms with van der Waals surface area (Å²) >= 11 is 0. The summed E-state index contributed by atoms with van der Waals surface area (Å²) in [6.07, 6.45) is 0.479. The standard InChI is InChI=1S/C14H15NO5/c1-9-3-2-4-10(14(18)19)13(9)20-8-7-15-11(16)5-6-12(15)17/h2-4H,5-8H2,1H3,(H,18,19). The summed E-state index contributed by atoms with van der Waals surface area (Å²) in [6.45, 7) is 1.97. The number of aromatic carboxylic acids is 1. The van der Waals surface area contributed by atoms with Crippen LogP contribution in [0.15, 0.2) is 18.2 Å². The number of imide groups is 1. The zero-order chi connectivity index (χ0) is 14.7. The monoisotopic (exact) mass is 277 g/mol. The van der Waals surface area contributed by atoms with E-state index in [2.05, 4.69) is 0 Å². The van der Waals surface area contributed by atoms with Gasteiger partial charge in [-0.05, 0) is 18.6 Å². The Labute approximate surface area is 115 Å². The Kier molecular flexibility index (Phi) is 4.02. The number of likely N-dealkylation sites (tertiary alicyclic amines) is 1. The Morgan fingerprint density at radius 2 is 1.95 bits per heavy atom. The normalized spacial score (nSPS) is 14.8. The number of carbonyl (C=O) groups excluding carboxylic acids is 2. The minimum atomic E-state index is -1.07. The number of amides is 2. The van der Waals surface area contributed by atoms with Crippen molar-refractivity contribution in [2.24, 2.45) is 0 Å². The van der Waals surface area contributed by atoms with Crippen molar-refractivity contribution in [2.45, 2.75) is 19.8 Å². The number of para-hydroxylation sites is 1. The van der Waals surface area contributed by atoms with E-state index in [9.17, 15) is 14.4 Å². The number of carboxylic acid groups (broad SMARTS) is 1. The molecule has 1 aromatic carbocycles. The molecule has 0 aromatic heterocycles. The maximum atomic E-state index is 11.4. The molecular weight excluding hydrogens is 262 g/mol. The van der Waals surface area contributed by atoms with Gasteiger partial charge in [-0.15, -0.1) is 0 Å². The summed E-state index contributed by atoms with van der Waals surface area (Å²) < 4.78 is 5.46. The van der Waals surface area contributed by atoms with E-state index in [0.29, 0.717) is 5.56 Å². The molecule has 2 amide bonds. The molecule has 0 atom stereocenters. The minimum absolute atomic E-state index is 0.0732. The molecular formula is C14H15NO5. The van der Waals surface area contributed by atoms with E-state index >= 15 is 0 Å². The van der Waals surface area contributed by atoms with Crippen molar-refractivity contribution in [1.29, 1.82) is 0 Å². The van der Waals surface area contributed by atoms with E-state index in [4.69, 9.17) is 9.84 Å². The number of carbonyl (C=O) groups is 3. The van der Waals surface area contributed by atoms with E-state index < -0.39 is 5.97 Å². The highest BCUT2D eigenvalue weighted by Gasteiger charge is 2.28. The van der Waals surface area contributed by atoms with Gasteiger partial charge in [-0.2, -0.15) is 0 Å². The zero-order valence-corrected chi connectivity index (χ0v) is 11.1. The molecule has 6 heteroatoms. The second-order valence-electron chi connectivity index (χ2n) is 4.54. The maximum absolute atomic E-state index is 11.4. The van der Waals surface area contributed by atoms with Gasteiger partial charge in [-0.25, -0.2) is 4.79 Å². The lowest BCUT2D eigenvalue weighted by molar-refractivity contribution is -0.138. The summed E-state index contributed by atoms with van der Waals surface area (Å²) in [7, 11) is 0. The molecule has 1 aliphatic rings. The van der Waals surface area contributed by atoms with Crippen LogP contribution in [0.5, 0.6) is 5.75 Å². The van der Waals surface area contributed by atoms with Gasteiger partial charge in [0.1, 0.15) is 17.9 Å². The zero-order valence-electron chi connectivity index (χ0n) is 11.1. The lowest BCUT2D eigenvalue weighted by Crippen LogP contribution is -2.33. The molecule has 1 aliphatic heterocycles. The molecule has 106 valence electrons. The van der Waals surface area contributed by atoms with Crippen molar-refractivity contribution in [1.82, 2.24) is 4.90 Å². The number of benzene rings is 1. The van der Waals surface area contributed by atoms with Crippen molar-refractivity contribution in [3.8, 4) is 5.75 Å². The van der Waals surface area contributed by atoms with Crippen molar-refractivity contribution in [2.75, 3.05) is 13.2 Å². The van der Waals surface area contributed by atoms with Crippen LogP contribution >= 0.6 is 0 Å². The third-order valence-corrected chi connectivity index (χ3v) is 3.16. The van der Waals surface area contributed by atoms with Crippen LogP contribution in [0, 0.1) is 6.92 Å². The number of aryl methyl sites for hydroxylation is 1. The van der Waals surface area contributed by atoms with Gasteiger partial charge in [0.25, 0.3) is 0 Å². The molecule has 0 aliphatic carbocycles. The molecule has 20 heavy (non-hydrogen) atoms. The van der Waals surface area contributed by atoms with Gasteiger partial charge in [0.05, 0.1) is 6.54 Å². The Bertz CT molecular complexity index is 551. The van der Waals surface area contributed by atoms with Crippen LogP contribution in [-0.2, 0) is 9.59 Å². The Morgan fingerprint density at radius 1 is 1.30 bits per heavy atom. The predicted molar refractivity (Wildman–Crippen MR) is 69.6 cm³/mol.